The SMILES string of the molecule is Nc1ccc(-c2cc(-c3cccnc3)c3c(N)c([S+]([O-])CCCO)sc3n2)cn1. The van der Waals surface area contributed by atoms with Crippen LogP contribution in [0.25, 0.3) is 32.6 Å². The molecule has 0 saturated carbocycles. The van der Waals surface area contributed by atoms with Crippen LogP contribution in [0.1, 0.15) is 6.42 Å². The number of aliphatic hydroxyl groups excluding tert-OH is 1. The molecule has 4 aromatic heterocycles. The first-order valence-electron chi connectivity index (χ1n) is 8.93. The number of fused-ring (bicyclic) bond motifs is 1. The molecule has 0 aliphatic rings. The predicted octanol–water partition coefficient (Wildman–Crippen LogP) is 3.07. The molecule has 0 aromatic carbocycles. The van der Waals surface area contributed by atoms with Gasteiger partial charge in [0.25, 0.3) is 0 Å². The van der Waals surface area contributed by atoms with E-state index in [0.29, 0.717) is 32.7 Å². The average molecular weight is 426 g/mol. The number of hydrogen-bond acceptors (Lipinski definition) is 8. The van der Waals surface area contributed by atoms with Gasteiger partial charge >= 0.3 is 0 Å². The fraction of sp³-hybridized carbons (Fsp3) is 0.150. The van der Waals surface area contributed by atoms with Gasteiger partial charge in [-0.3, -0.25) is 4.98 Å². The molecule has 0 bridgehead atoms. The van der Waals surface area contributed by atoms with E-state index in [1.54, 1.807) is 24.7 Å². The smallest absolute Gasteiger partial charge is 0.232 e. The number of nitrogens with two attached hydrogens (primary N) is 2. The number of hydrogen-bond donors (Lipinski definition) is 3. The highest BCUT2D eigenvalue weighted by molar-refractivity contribution is 7.93. The van der Waals surface area contributed by atoms with Crippen LogP contribution in [-0.4, -0.2) is 37.0 Å². The lowest BCUT2D eigenvalue weighted by molar-refractivity contribution is 0.295. The Kier molecular flexibility index (Phi) is 5.63. The summed E-state index contributed by atoms with van der Waals surface area (Å²) in [7, 11) is 0. The zero-order valence-corrected chi connectivity index (χ0v) is 17.0. The molecule has 9 heteroatoms. The van der Waals surface area contributed by atoms with Crippen LogP contribution in [0.15, 0.2) is 53.1 Å². The molecule has 0 aliphatic carbocycles. The van der Waals surface area contributed by atoms with Crippen LogP contribution in [0.3, 0.4) is 0 Å². The molecule has 0 spiro atoms. The monoisotopic (exact) mass is 425 g/mol. The molecule has 148 valence electrons. The van der Waals surface area contributed by atoms with E-state index in [1.165, 1.54) is 11.3 Å². The summed E-state index contributed by atoms with van der Waals surface area (Å²) in [5, 5.41) is 9.82. The van der Waals surface area contributed by atoms with Gasteiger partial charge in [-0.15, -0.1) is 0 Å². The Labute approximate surface area is 174 Å². The molecule has 0 radical (unpaired) electrons. The van der Waals surface area contributed by atoms with Gasteiger partial charge in [0.2, 0.25) is 4.21 Å². The Morgan fingerprint density at radius 1 is 1.14 bits per heavy atom. The zero-order valence-electron chi connectivity index (χ0n) is 15.4. The number of thiophene rings is 1. The molecular formula is C20H19N5O2S2. The first-order valence-corrected chi connectivity index (χ1v) is 11.1. The van der Waals surface area contributed by atoms with Crippen molar-refractivity contribution in [3.05, 3.63) is 48.9 Å². The number of rotatable bonds is 6. The maximum atomic E-state index is 12.7. The van der Waals surface area contributed by atoms with E-state index in [-0.39, 0.29) is 6.61 Å². The Bertz CT molecular complexity index is 1130. The summed E-state index contributed by atoms with van der Waals surface area (Å²) in [6.07, 6.45) is 5.59. The number of pyridine rings is 3. The first kappa shape index (κ1) is 19.6. The van der Waals surface area contributed by atoms with Crippen LogP contribution >= 0.6 is 11.3 Å². The Morgan fingerprint density at radius 3 is 2.69 bits per heavy atom. The van der Waals surface area contributed by atoms with Gasteiger partial charge in [0.15, 0.2) is 0 Å². The fourth-order valence-electron chi connectivity index (χ4n) is 3.01. The summed E-state index contributed by atoms with van der Waals surface area (Å²) in [5.74, 6) is 0.786. The van der Waals surface area contributed by atoms with Crippen molar-refractivity contribution in [1.29, 1.82) is 0 Å². The molecule has 4 aromatic rings. The molecule has 29 heavy (non-hydrogen) atoms. The number of aromatic nitrogens is 3. The van der Waals surface area contributed by atoms with Crippen molar-refractivity contribution in [2.75, 3.05) is 23.8 Å². The molecule has 5 N–H and O–H groups in total. The summed E-state index contributed by atoms with van der Waals surface area (Å²) < 4.78 is 13.3. The molecule has 0 amide bonds. The maximum Gasteiger partial charge on any atom is 0.232 e. The largest absolute Gasteiger partial charge is 0.611 e. The zero-order chi connectivity index (χ0) is 20.4. The minimum atomic E-state index is -1.30. The van der Waals surface area contributed by atoms with Crippen LogP contribution in [0.4, 0.5) is 11.5 Å². The van der Waals surface area contributed by atoms with E-state index in [9.17, 15) is 4.55 Å². The van der Waals surface area contributed by atoms with Crippen molar-refractivity contribution >= 4 is 44.2 Å². The second-order valence-electron chi connectivity index (χ2n) is 6.38. The van der Waals surface area contributed by atoms with E-state index in [4.69, 9.17) is 21.6 Å². The molecule has 7 nitrogen and oxygen atoms in total. The Morgan fingerprint density at radius 2 is 2.00 bits per heavy atom. The maximum absolute atomic E-state index is 12.7. The van der Waals surface area contributed by atoms with Gasteiger partial charge in [0.1, 0.15) is 22.1 Å². The second-order valence-corrected chi connectivity index (χ2v) is 9.14. The van der Waals surface area contributed by atoms with E-state index in [0.717, 1.165) is 27.8 Å². The third kappa shape index (κ3) is 3.90. The van der Waals surface area contributed by atoms with Gasteiger partial charge in [-0.2, -0.15) is 0 Å². The quantitative estimate of drug-likeness (QED) is 0.404. The summed E-state index contributed by atoms with van der Waals surface area (Å²) in [6.45, 7) is -0.00991. The second kappa shape index (κ2) is 8.34. The van der Waals surface area contributed by atoms with Gasteiger partial charge in [-0.05, 0) is 41.0 Å². The summed E-state index contributed by atoms with van der Waals surface area (Å²) >= 11 is 0.0225. The van der Waals surface area contributed by atoms with Crippen LogP contribution in [0.2, 0.25) is 0 Å². The van der Waals surface area contributed by atoms with Crippen molar-refractivity contribution in [2.24, 2.45) is 0 Å². The van der Waals surface area contributed by atoms with Crippen LogP contribution in [0.5, 0.6) is 0 Å². The first-order chi connectivity index (χ1) is 14.1. The Balaban J connectivity index is 1.93. The van der Waals surface area contributed by atoms with Gasteiger partial charge in [-0.25, -0.2) is 9.97 Å². The van der Waals surface area contributed by atoms with E-state index >= 15 is 0 Å². The van der Waals surface area contributed by atoms with E-state index < -0.39 is 11.2 Å². The summed E-state index contributed by atoms with van der Waals surface area (Å²) in [4.78, 5) is 13.8. The van der Waals surface area contributed by atoms with Crippen molar-refractivity contribution < 1.29 is 9.66 Å². The van der Waals surface area contributed by atoms with Gasteiger partial charge in [0.05, 0.1) is 5.69 Å². The number of nitrogens with zero attached hydrogens (tertiary/aromatic N) is 3. The third-order valence-electron chi connectivity index (χ3n) is 4.41. The van der Waals surface area contributed by atoms with E-state index in [1.807, 2.05) is 24.3 Å². The highest BCUT2D eigenvalue weighted by Crippen LogP contribution is 2.43. The van der Waals surface area contributed by atoms with Crippen LogP contribution in [0, 0.1) is 0 Å². The highest BCUT2D eigenvalue weighted by atomic mass is 32.2. The highest BCUT2D eigenvalue weighted by Gasteiger charge is 2.24. The molecule has 4 rings (SSSR count). The molecule has 4 heterocycles. The average Bonchev–Trinajstić information content (AvgIpc) is 3.09. The topological polar surface area (TPSA) is 134 Å². The van der Waals surface area contributed by atoms with Crippen molar-refractivity contribution in [3.63, 3.8) is 0 Å². The molecular weight excluding hydrogens is 406 g/mol. The van der Waals surface area contributed by atoms with Gasteiger partial charge in [-0.1, -0.05) is 17.4 Å². The summed E-state index contributed by atoms with van der Waals surface area (Å²) in [6, 6.07) is 9.33. The molecule has 0 fully saturated rings. The van der Waals surface area contributed by atoms with Crippen molar-refractivity contribution in [3.8, 4) is 22.4 Å². The molecule has 0 saturated heterocycles. The normalized spacial score (nSPS) is 12.3. The lowest BCUT2D eigenvalue weighted by Gasteiger charge is -2.09. The van der Waals surface area contributed by atoms with Crippen LogP contribution in [-0.2, 0) is 11.2 Å². The molecule has 1 unspecified atom stereocenters. The minimum Gasteiger partial charge on any atom is -0.611 e. The lowest BCUT2D eigenvalue weighted by atomic mass is 10.0. The fourth-order valence-corrected chi connectivity index (χ4v) is 5.65. The number of aliphatic hydroxyl groups is 1. The molecule has 0 aliphatic heterocycles. The van der Waals surface area contributed by atoms with Crippen molar-refractivity contribution in [1.82, 2.24) is 15.0 Å². The predicted molar refractivity (Wildman–Crippen MR) is 118 cm³/mol. The van der Waals surface area contributed by atoms with Gasteiger partial charge < -0.3 is 21.1 Å². The third-order valence-corrected chi connectivity index (χ3v) is 7.41. The van der Waals surface area contributed by atoms with Gasteiger partial charge in [0, 0.05) is 48.1 Å². The molecule has 1 atom stereocenters. The van der Waals surface area contributed by atoms with Crippen LogP contribution < -0.4 is 11.5 Å². The van der Waals surface area contributed by atoms with Crippen molar-refractivity contribution in [2.45, 2.75) is 10.6 Å². The number of nitrogen functional groups attached to an aromatic ring is 2. The minimum absolute atomic E-state index is 0.00991. The standard InChI is InChI=1S/C20H19N5O2S2/c21-16-5-4-13(11-24-16)15-9-14(12-3-1-6-23-10-12)17-18(22)20(28-19(17)25-15)29(27)8-2-7-26/h1,3-6,9-11,26H,2,7-8,22H2,(H2,21,24). The summed E-state index contributed by atoms with van der Waals surface area (Å²) in [5.41, 5.74) is 15.9. The lowest BCUT2D eigenvalue weighted by Crippen LogP contribution is -2.08. The number of anilines is 2. The Hall–Kier alpha value is -2.72. The van der Waals surface area contributed by atoms with E-state index in [2.05, 4.69) is 9.97 Å².